The number of pyridine rings is 1. The minimum atomic E-state index is -3.75. The second-order valence-corrected chi connectivity index (χ2v) is 13.1. The third-order valence-electron chi connectivity index (χ3n) is 5.80. The third kappa shape index (κ3) is 5.39. The number of halogens is 1. The number of hydrogen-bond donors (Lipinski definition) is 1. The van der Waals surface area contributed by atoms with Gasteiger partial charge in [-0.05, 0) is 48.7 Å². The molecule has 0 aliphatic carbocycles. The lowest BCUT2D eigenvalue weighted by Crippen LogP contribution is -2.45. The van der Waals surface area contributed by atoms with Gasteiger partial charge in [-0.15, -0.1) is 4.28 Å². The number of rotatable bonds is 5. The van der Waals surface area contributed by atoms with Gasteiger partial charge in [0.1, 0.15) is 23.5 Å². The summed E-state index contributed by atoms with van der Waals surface area (Å²) in [6.45, 7) is 15.0. The number of aromatic amines is 1. The third-order valence-corrected chi connectivity index (χ3v) is 6.23. The molecule has 10 heteroatoms. The van der Waals surface area contributed by atoms with Gasteiger partial charge in [-0.2, -0.15) is 8.42 Å². The minimum absolute atomic E-state index is 0.0863. The first-order valence-corrected chi connectivity index (χ1v) is 13.7. The average molecular weight is 516 g/mol. The first-order chi connectivity index (χ1) is 16.5. The molecule has 36 heavy (non-hydrogen) atoms. The van der Waals surface area contributed by atoms with Crippen LogP contribution in [0.3, 0.4) is 0 Å². The fourth-order valence-corrected chi connectivity index (χ4v) is 4.66. The normalized spacial score (nSPS) is 16.5. The molecule has 1 aliphatic heterocycles. The van der Waals surface area contributed by atoms with E-state index >= 15 is 0 Å². The minimum Gasteiger partial charge on any atom is -0.340 e. The van der Waals surface area contributed by atoms with Crippen molar-refractivity contribution in [2.75, 3.05) is 22.8 Å². The van der Waals surface area contributed by atoms with Gasteiger partial charge in [-0.3, -0.25) is 0 Å². The molecule has 1 N–H and O–H groups in total. The summed E-state index contributed by atoms with van der Waals surface area (Å²) in [6, 6.07) is 9.85. The van der Waals surface area contributed by atoms with E-state index in [0.717, 1.165) is 17.6 Å². The molecule has 0 amide bonds. The Labute approximate surface area is 212 Å². The van der Waals surface area contributed by atoms with Gasteiger partial charge in [0, 0.05) is 17.5 Å². The number of benzene rings is 1. The summed E-state index contributed by atoms with van der Waals surface area (Å²) in [5.41, 5.74) is 3.02. The maximum absolute atomic E-state index is 13.6. The van der Waals surface area contributed by atoms with E-state index in [2.05, 4.69) is 46.5 Å². The van der Waals surface area contributed by atoms with Crippen molar-refractivity contribution in [2.45, 2.75) is 60.0 Å². The summed E-state index contributed by atoms with van der Waals surface area (Å²) in [6.07, 6.45) is 0.640. The number of nitrogens with zero attached hydrogens (tertiary/aromatic N) is 4. The molecule has 0 fully saturated rings. The van der Waals surface area contributed by atoms with Gasteiger partial charge in [0.2, 0.25) is 0 Å². The number of fused-ring (bicyclic) bond motifs is 1. The van der Waals surface area contributed by atoms with Crippen LogP contribution >= 0.6 is 0 Å². The number of H-pyrrole nitrogens is 1. The summed E-state index contributed by atoms with van der Waals surface area (Å²) >= 11 is 0. The average Bonchev–Trinajstić information content (AvgIpc) is 3.29. The van der Waals surface area contributed by atoms with Crippen LogP contribution in [-0.2, 0) is 19.8 Å². The Hall–Kier alpha value is -2.98. The number of imidazole rings is 1. The molecule has 4 rings (SSSR count). The number of aromatic nitrogens is 3. The first-order valence-electron chi connectivity index (χ1n) is 11.9. The van der Waals surface area contributed by atoms with Gasteiger partial charge in [0.25, 0.3) is 10.1 Å². The molecule has 0 saturated carbocycles. The number of nitrogens with one attached hydrogen (secondary N) is 1. The highest BCUT2D eigenvalue weighted by atomic mass is 32.2. The van der Waals surface area contributed by atoms with Gasteiger partial charge >= 0.3 is 0 Å². The van der Waals surface area contributed by atoms with Crippen molar-refractivity contribution in [3.05, 3.63) is 48.0 Å². The van der Waals surface area contributed by atoms with Gasteiger partial charge < -0.3 is 9.88 Å². The Morgan fingerprint density at radius 1 is 1.03 bits per heavy atom. The van der Waals surface area contributed by atoms with E-state index in [1.165, 1.54) is 17.2 Å². The van der Waals surface area contributed by atoms with Crippen molar-refractivity contribution in [2.24, 2.45) is 5.41 Å². The molecule has 194 valence electrons. The maximum atomic E-state index is 13.6. The highest BCUT2D eigenvalue weighted by molar-refractivity contribution is 7.86. The van der Waals surface area contributed by atoms with Crippen LogP contribution < -0.4 is 9.96 Å². The molecular formula is C26H34FN5O3S. The van der Waals surface area contributed by atoms with Crippen LogP contribution in [0.1, 0.15) is 54.3 Å². The Morgan fingerprint density at radius 2 is 1.67 bits per heavy atom. The van der Waals surface area contributed by atoms with E-state index in [0.29, 0.717) is 35.1 Å². The van der Waals surface area contributed by atoms with Crippen LogP contribution in [0, 0.1) is 11.2 Å². The lowest BCUT2D eigenvalue weighted by Gasteiger charge is -2.32. The molecule has 1 unspecified atom stereocenters. The zero-order chi connectivity index (χ0) is 26.6. The summed E-state index contributed by atoms with van der Waals surface area (Å²) < 4.78 is 43.0. The molecule has 0 bridgehead atoms. The molecule has 0 saturated heterocycles. The van der Waals surface area contributed by atoms with Crippen LogP contribution in [0.5, 0.6) is 0 Å². The second-order valence-electron chi connectivity index (χ2n) is 11.5. The number of hydrogen-bond acceptors (Lipinski definition) is 7. The monoisotopic (exact) mass is 515 g/mol. The lowest BCUT2D eigenvalue weighted by molar-refractivity contribution is 0.254. The van der Waals surface area contributed by atoms with E-state index in [1.807, 2.05) is 24.0 Å². The van der Waals surface area contributed by atoms with E-state index in [4.69, 9.17) is 14.3 Å². The molecule has 1 atom stereocenters. The Bertz CT molecular complexity index is 1370. The molecule has 2 aromatic heterocycles. The van der Waals surface area contributed by atoms with Crippen LogP contribution in [-0.4, -0.2) is 42.3 Å². The molecule has 8 nitrogen and oxygen atoms in total. The lowest BCUT2D eigenvalue weighted by atomic mass is 9.96. The quantitative estimate of drug-likeness (QED) is 0.481. The maximum Gasteiger partial charge on any atom is 0.285 e. The second kappa shape index (κ2) is 8.85. The zero-order valence-electron chi connectivity index (χ0n) is 22.0. The largest absolute Gasteiger partial charge is 0.340 e. The van der Waals surface area contributed by atoms with E-state index in [-0.39, 0.29) is 22.8 Å². The fraction of sp³-hybridized carbons (Fsp3) is 0.462. The smallest absolute Gasteiger partial charge is 0.285 e. The van der Waals surface area contributed by atoms with Gasteiger partial charge in [-0.1, -0.05) is 41.5 Å². The molecule has 0 radical (unpaired) electrons. The van der Waals surface area contributed by atoms with Gasteiger partial charge in [-0.25, -0.2) is 19.4 Å². The van der Waals surface area contributed by atoms with Crippen molar-refractivity contribution in [3.8, 4) is 22.6 Å². The van der Waals surface area contributed by atoms with Crippen LogP contribution in [0.15, 0.2) is 36.4 Å². The van der Waals surface area contributed by atoms with Crippen molar-refractivity contribution in [1.82, 2.24) is 15.0 Å². The van der Waals surface area contributed by atoms with Gasteiger partial charge in [0.05, 0.1) is 23.3 Å². The number of hydroxylamine groups is 1. The Balaban J connectivity index is 1.88. The van der Waals surface area contributed by atoms with Crippen LogP contribution in [0.4, 0.5) is 15.9 Å². The van der Waals surface area contributed by atoms with Gasteiger partial charge in [0.15, 0.2) is 5.82 Å². The van der Waals surface area contributed by atoms with E-state index < -0.39 is 10.1 Å². The molecular weight excluding hydrogens is 481 g/mol. The Morgan fingerprint density at radius 3 is 2.22 bits per heavy atom. The van der Waals surface area contributed by atoms with E-state index in [1.54, 1.807) is 12.1 Å². The molecule has 1 aliphatic rings. The number of anilines is 2. The predicted octanol–water partition coefficient (Wildman–Crippen LogP) is 5.49. The van der Waals surface area contributed by atoms with Crippen molar-refractivity contribution < 1.29 is 17.1 Å². The Kier molecular flexibility index (Phi) is 6.41. The van der Waals surface area contributed by atoms with Crippen LogP contribution in [0.25, 0.3) is 22.6 Å². The summed E-state index contributed by atoms with van der Waals surface area (Å²) in [4.78, 5) is 15.3. The van der Waals surface area contributed by atoms with Crippen molar-refractivity contribution in [1.29, 1.82) is 0 Å². The van der Waals surface area contributed by atoms with Crippen LogP contribution in [0.2, 0.25) is 0 Å². The summed E-state index contributed by atoms with van der Waals surface area (Å²) in [5, 5.41) is 1.39. The molecule has 1 aromatic carbocycles. The summed E-state index contributed by atoms with van der Waals surface area (Å²) in [7, 11) is -3.75. The summed E-state index contributed by atoms with van der Waals surface area (Å²) in [5.74, 6) is 1.08. The standard InChI is InChI=1S/C26H34FN5O3S/c1-16-31(15-25(2,3)4)23-20(32(16)35-36(8,33)34)14-13-19(28-23)22-21(17-9-11-18(27)12-10-17)29-24(30-22)26(5,6)7/h9-14,16H,15H2,1-8H3,(H,29,30). The highest BCUT2D eigenvalue weighted by Gasteiger charge is 2.39. The highest BCUT2D eigenvalue weighted by Crippen LogP contribution is 2.42. The topological polar surface area (TPSA) is 91.4 Å². The molecule has 3 heterocycles. The predicted molar refractivity (Wildman–Crippen MR) is 141 cm³/mol. The van der Waals surface area contributed by atoms with Crippen molar-refractivity contribution in [3.63, 3.8) is 0 Å². The van der Waals surface area contributed by atoms with E-state index in [9.17, 15) is 12.8 Å². The zero-order valence-corrected chi connectivity index (χ0v) is 22.9. The molecule has 0 spiro atoms. The SMILES string of the molecule is CC1N(CC(C)(C)C)c2nc(-c3[nH]c(C(C)(C)C)nc3-c3ccc(F)cc3)ccc2N1OS(C)(=O)=O. The first kappa shape index (κ1) is 26.1. The van der Waals surface area contributed by atoms with Crippen molar-refractivity contribution >= 4 is 21.6 Å². The molecule has 3 aromatic rings. The fourth-order valence-electron chi connectivity index (χ4n) is 4.17.